The third-order valence-electron chi connectivity index (χ3n) is 3.97. The average Bonchev–Trinajstić information content (AvgIpc) is 2.18. The number of hydrogen-bond donors (Lipinski definition) is 1. The van der Waals surface area contributed by atoms with Crippen LogP contribution in [0.4, 0.5) is 0 Å². The number of rotatable bonds is 2. The van der Waals surface area contributed by atoms with E-state index in [1.807, 2.05) is 18.2 Å². The Labute approximate surface area is 129 Å². The van der Waals surface area contributed by atoms with E-state index in [0.717, 1.165) is 27.9 Å². The van der Waals surface area contributed by atoms with Gasteiger partial charge in [-0.2, -0.15) is 0 Å². The van der Waals surface area contributed by atoms with Gasteiger partial charge in [0.05, 0.1) is 5.60 Å². The average molecular weight is 346 g/mol. The lowest BCUT2D eigenvalue weighted by Crippen LogP contribution is -2.43. The lowest BCUT2D eigenvalue weighted by Gasteiger charge is -2.45. The van der Waals surface area contributed by atoms with Crippen molar-refractivity contribution in [2.75, 3.05) is 0 Å². The summed E-state index contributed by atoms with van der Waals surface area (Å²) in [4.78, 5) is 0. The zero-order valence-corrected chi connectivity index (χ0v) is 14.2. The van der Waals surface area contributed by atoms with Crippen LogP contribution in [0.15, 0.2) is 22.7 Å². The highest BCUT2D eigenvalue weighted by atomic mass is 79.9. The maximum absolute atomic E-state index is 11.0. The predicted octanol–water partition coefficient (Wildman–Crippen LogP) is 5.22. The molecule has 2 unspecified atom stereocenters. The summed E-state index contributed by atoms with van der Waals surface area (Å²) in [5, 5.41) is 11.7. The molecule has 1 aliphatic rings. The quantitative estimate of drug-likeness (QED) is 0.779. The molecular weight excluding hydrogens is 324 g/mol. The second kappa shape index (κ2) is 5.38. The summed E-state index contributed by atoms with van der Waals surface area (Å²) in [5.41, 5.74) is 0.615. The fourth-order valence-electron chi connectivity index (χ4n) is 3.85. The molecule has 1 aromatic carbocycles. The van der Waals surface area contributed by atoms with Crippen molar-refractivity contribution in [3.8, 4) is 0 Å². The monoisotopic (exact) mass is 344 g/mol. The maximum Gasteiger partial charge on any atom is 0.0696 e. The summed E-state index contributed by atoms with van der Waals surface area (Å²) in [5.74, 6) is 0.558. The van der Waals surface area contributed by atoms with E-state index in [1.54, 1.807) is 0 Å². The smallest absolute Gasteiger partial charge is 0.0696 e. The summed E-state index contributed by atoms with van der Waals surface area (Å²) in [6, 6.07) is 5.90. The lowest BCUT2D eigenvalue weighted by molar-refractivity contribution is -0.0574. The Bertz CT molecular complexity index is 472. The minimum atomic E-state index is -0.626. The Morgan fingerprint density at radius 1 is 1.37 bits per heavy atom. The van der Waals surface area contributed by atoms with Crippen LogP contribution in [-0.4, -0.2) is 10.7 Å². The molecule has 1 aliphatic carbocycles. The Balaban J connectivity index is 2.21. The van der Waals surface area contributed by atoms with Crippen LogP contribution in [-0.2, 0) is 6.42 Å². The third-order valence-corrected chi connectivity index (χ3v) is 4.82. The van der Waals surface area contributed by atoms with Gasteiger partial charge in [-0.05, 0) is 48.3 Å². The Morgan fingerprint density at radius 2 is 2.05 bits per heavy atom. The van der Waals surface area contributed by atoms with Crippen LogP contribution in [0.25, 0.3) is 0 Å². The topological polar surface area (TPSA) is 20.2 Å². The van der Waals surface area contributed by atoms with Crippen molar-refractivity contribution in [2.45, 2.75) is 52.1 Å². The highest BCUT2D eigenvalue weighted by Crippen LogP contribution is 2.45. The lowest BCUT2D eigenvalue weighted by atomic mass is 9.64. The zero-order valence-electron chi connectivity index (χ0n) is 11.8. The molecule has 1 fully saturated rings. The van der Waals surface area contributed by atoms with E-state index in [1.165, 1.54) is 6.42 Å². The third kappa shape index (κ3) is 3.96. The summed E-state index contributed by atoms with van der Waals surface area (Å²) < 4.78 is 0.977. The predicted molar refractivity (Wildman–Crippen MR) is 84.6 cm³/mol. The number of hydrogen-bond acceptors (Lipinski definition) is 1. The molecule has 0 bridgehead atoms. The summed E-state index contributed by atoms with van der Waals surface area (Å²) in [6.07, 6.45) is 3.54. The van der Waals surface area contributed by atoms with Gasteiger partial charge in [0.25, 0.3) is 0 Å². The van der Waals surface area contributed by atoms with E-state index in [4.69, 9.17) is 11.6 Å². The molecule has 1 nitrogen and oxygen atoms in total. The molecule has 19 heavy (non-hydrogen) atoms. The number of aliphatic hydroxyl groups is 1. The fourth-order valence-corrected chi connectivity index (χ4v) is 4.59. The molecule has 1 N–H and O–H groups in total. The standard InChI is InChI=1S/C16H22BrClO/c1-11-7-15(2,3)10-16(19,8-11)9-12-4-5-13(17)6-14(12)18/h4-6,11,19H,7-10H2,1-3H3. The van der Waals surface area contributed by atoms with Crippen molar-refractivity contribution in [1.29, 1.82) is 0 Å². The fraction of sp³-hybridized carbons (Fsp3) is 0.625. The molecular formula is C16H22BrClO. The number of halogens is 2. The van der Waals surface area contributed by atoms with E-state index in [0.29, 0.717) is 12.3 Å². The molecule has 0 aromatic heterocycles. The first-order valence-electron chi connectivity index (χ1n) is 6.85. The van der Waals surface area contributed by atoms with Gasteiger partial charge in [0.15, 0.2) is 0 Å². The first-order valence-corrected chi connectivity index (χ1v) is 8.03. The summed E-state index contributed by atoms with van der Waals surface area (Å²) in [6.45, 7) is 6.72. The van der Waals surface area contributed by atoms with Crippen LogP contribution in [0, 0.1) is 11.3 Å². The first-order chi connectivity index (χ1) is 8.69. The normalized spacial score (nSPS) is 30.3. The van der Waals surface area contributed by atoms with E-state index in [2.05, 4.69) is 36.7 Å². The minimum absolute atomic E-state index is 0.203. The van der Waals surface area contributed by atoms with Crippen LogP contribution in [0.1, 0.15) is 45.6 Å². The van der Waals surface area contributed by atoms with Crippen molar-refractivity contribution < 1.29 is 5.11 Å². The first kappa shape index (κ1) is 15.3. The molecule has 2 atom stereocenters. The van der Waals surface area contributed by atoms with Crippen molar-refractivity contribution in [1.82, 2.24) is 0 Å². The van der Waals surface area contributed by atoms with Crippen molar-refractivity contribution in [3.05, 3.63) is 33.3 Å². The maximum atomic E-state index is 11.0. The molecule has 1 aromatic rings. The number of benzene rings is 1. The zero-order chi connectivity index (χ0) is 14.3. The van der Waals surface area contributed by atoms with Crippen LogP contribution in [0.2, 0.25) is 5.02 Å². The van der Waals surface area contributed by atoms with Crippen LogP contribution in [0.3, 0.4) is 0 Å². The van der Waals surface area contributed by atoms with Gasteiger partial charge in [0.1, 0.15) is 0 Å². The van der Waals surface area contributed by atoms with Gasteiger partial charge in [0, 0.05) is 15.9 Å². The molecule has 0 heterocycles. The van der Waals surface area contributed by atoms with Gasteiger partial charge in [-0.15, -0.1) is 0 Å². The SMILES string of the molecule is CC1CC(C)(C)CC(O)(Cc2ccc(Br)cc2Cl)C1. The van der Waals surface area contributed by atoms with E-state index < -0.39 is 5.60 Å². The molecule has 0 radical (unpaired) electrons. The van der Waals surface area contributed by atoms with Crippen LogP contribution < -0.4 is 0 Å². The van der Waals surface area contributed by atoms with Gasteiger partial charge in [0.2, 0.25) is 0 Å². The minimum Gasteiger partial charge on any atom is -0.390 e. The highest BCUT2D eigenvalue weighted by Gasteiger charge is 2.41. The van der Waals surface area contributed by atoms with Gasteiger partial charge < -0.3 is 5.11 Å². The van der Waals surface area contributed by atoms with Crippen molar-refractivity contribution in [2.24, 2.45) is 11.3 Å². The molecule has 0 saturated heterocycles. The molecule has 106 valence electrons. The van der Waals surface area contributed by atoms with Crippen LogP contribution in [0.5, 0.6) is 0 Å². The second-order valence-corrected chi connectivity index (χ2v) is 8.31. The van der Waals surface area contributed by atoms with Gasteiger partial charge in [-0.1, -0.05) is 54.4 Å². The van der Waals surface area contributed by atoms with E-state index in [9.17, 15) is 5.11 Å². The Kier molecular flexibility index (Phi) is 4.35. The van der Waals surface area contributed by atoms with Crippen molar-refractivity contribution in [3.63, 3.8) is 0 Å². The van der Waals surface area contributed by atoms with Gasteiger partial charge in [-0.3, -0.25) is 0 Å². The van der Waals surface area contributed by atoms with E-state index >= 15 is 0 Å². The molecule has 3 heteroatoms. The molecule has 1 saturated carbocycles. The van der Waals surface area contributed by atoms with Gasteiger partial charge >= 0.3 is 0 Å². The Hall–Kier alpha value is -0.0500. The van der Waals surface area contributed by atoms with Gasteiger partial charge in [-0.25, -0.2) is 0 Å². The second-order valence-electron chi connectivity index (χ2n) is 6.99. The largest absolute Gasteiger partial charge is 0.390 e. The van der Waals surface area contributed by atoms with Crippen molar-refractivity contribution >= 4 is 27.5 Å². The molecule has 0 aliphatic heterocycles. The van der Waals surface area contributed by atoms with E-state index in [-0.39, 0.29) is 5.41 Å². The molecule has 2 rings (SSSR count). The summed E-state index contributed by atoms with van der Waals surface area (Å²) in [7, 11) is 0. The molecule has 0 amide bonds. The molecule has 0 spiro atoms. The highest BCUT2D eigenvalue weighted by molar-refractivity contribution is 9.10. The Morgan fingerprint density at radius 3 is 2.63 bits per heavy atom. The van der Waals surface area contributed by atoms with Crippen LogP contribution >= 0.6 is 27.5 Å². The summed E-state index contributed by atoms with van der Waals surface area (Å²) >= 11 is 9.69.